The molecule has 0 bridgehead atoms. The molecule has 0 aliphatic heterocycles. The molecule has 0 aliphatic rings. The van der Waals surface area contributed by atoms with Gasteiger partial charge >= 0.3 is 0 Å². The molecule has 0 atom stereocenters. The van der Waals surface area contributed by atoms with Crippen LogP contribution >= 0.6 is 0 Å². The third-order valence-corrected chi connectivity index (χ3v) is 2.41. The van der Waals surface area contributed by atoms with Crippen LogP contribution in [-0.2, 0) is 6.54 Å². The highest BCUT2D eigenvalue weighted by Crippen LogP contribution is 2.03. The number of rotatable bonds is 3. The van der Waals surface area contributed by atoms with Gasteiger partial charge in [-0.15, -0.1) is 0 Å². The van der Waals surface area contributed by atoms with Gasteiger partial charge in [0.05, 0.1) is 0 Å². The van der Waals surface area contributed by atoms with Crippen molar-refractivity contribution in [3.63, 3.8) is 0 Å². The van der Waals surface area contributed by atoms with Crippen molar-refractivity contribution in [2.24, 2.45) is 0 Å². The van der Waals surface area contributed by atoms with E-state index in [2.05, 4.69) is 10.3 Å². The van der Waals surface area contributed by atoms with Gasteiger partial charge < -0.3 is 10.3 Å². The van der Waals surface area contributed by atoms with Crippen molar-refractivity contribution in [3.8, 4) is 0 Å². The summed E-state index contributed by atoms with van der Waals surface area (Å²) in [6, 6.07) is 7.19. The lowest BCUT2D eigenvalue weighted by molar-refractivity contribution is 0.0949. The van der Waals surface area contributed by atoms with Crippen molar-refractivity contribution in [2.75, 3.05) is 0 Å². The first-order chi connectivity index (χ1) is 8.66. The number of pyridine rings is 1. The van der Waals surface area contributed by atoms with E-state index in [-0.39, 0.29) is 23.4 Å². The molecule has 2 rings (SSSR count). The zero-order chi connectivity index (χ0) is 13.0. The fourth-order valence-electron chi connectivity index (χ4n) is 1.52. The van der Waals surface area contributed by atoms with E-state index in [1.807, 2.05) is 0 Å². The molecule has 4 nitrogen and oxygen atoms in total. The lowest BCUT2D eigenvalue weighted by Gasteiger charge is -2.04. The third-order valence-electron chi connectivity index (χ3n) is 2.41. The number of benzene rings is 1. The second-order valence-electron chi connectivity index (χ2n) is 3.73. The van der Waals surface area contributed by atoms with Crippen molar-refractivity contribution in [1.82, 2.24) is 10.3 Å². The average molecular weight is 246 g/mol. The first-order valence-electron chi connectivity index (χ1n) is 5.36. The van der Waals surface area contributed by atoms with Crippen LogP contribution in [0.15, 0.2) is 47.5 Å². The summed E-state index contributed by atoms with van der Waals surface area (Å²) in [5.41, 5.74) is 0.315. The van der Waals surface area contributed by atoms with Crippen LogP contribution in [0.25, 0.3) is 0 Å². The molecule has 0 spiro atoms. The summed E-state index contributed by atoms with van der Waals surface area (Å²) >= 11 is 0. The molecule has 0 radical (unpaired) electrons. The molecule has 0 saturated carbocycles. The molecule has 1 amide bonds. The molecule has 1 aromatic carbocycles. The first kappa shape index (κ1) is 12.0. The maximum absolute atomic E-state index is 12.9. The van der Waals surface area contributed by atoms with Crippen LogP contribution in [0, 0.1) is 5.82 Å². The van der Waals surface area contributed by atoms with Crippen LogP contribution in [-0.4, -0.2) is 10.9 Å². The Morgan fingerprint density at radius 1 is 1.33 bits per heavy atom. The number of nitrogens with one attached hydrogen (secondary N) is 2. The summed E-state index contributed by atoms with van der Waals surface area (Å²) in [5.74, 6) is -0.847. The highest BCUT2D eigenvalue weighted by Gasteiger charge is 2.08. The van der Waals surface area contributed by atoms with Crippen molar-refractivity contribution in [2.45, 2.75) is 6.54 Å². The molecular formula is C13H11FN2O2. The van der Waals surface area contributed by atoms with Crippen molar-refractivity contribution >= 4 is 5.91 Å². The predicted octanol–water partition coefficient (Wildman–Crippen LogP) is 1.44. The molecule has 0 fully saturated rings. The van der Waals surface area contributed by atoms with Crippen LogP contribution in [0.2, 0.25) is 0 Å². The lowest BCUT2D eigenvalue weighted by atomic mass is 10.2. The minimum atomic E-state index is -0.485. The minimum absolute atomic E-state index is 0.0360. The molecule has 5 heteroatoms. The maximum Gasteiger partial charge on any atom is 0.257 e. The van der Waals surface area contributed by atoms with E-state index >= 15 is 0 Å². The number of hydrogen-bond acceptors (Lipinski definition) is 2. The maximum atomic E-state index is 12.9. The highest BCUT2D eigenvalue weighted by atomic mass is 19.1. The van der Waals surface area contributed by atoms with E-state index in [1.54, 1.807) is 12.1 Å². The van der Waals surface area contributed by atoms with Gasteiger partial charge in [-0.05, 0) is 17.7 Å². The van der Waals surface area contributed by atoms with Gasteiger partial charge in [-0.2, -0.15) is 0 Å². The summed E-state index contributed by atoms with van der Waals surface area (Å²) in [6.07, 6.45) is 2.79. The van der Waals surface area contributed by atoms with E-state index in [1.165, 1.54) is 30.6 Å². The van der Waals surface area contributed by atoms with Gasteiger partial charge in [-0.25, -0.2) is 4.39 Å². The number of aromatic amines is 1. The van der Waals surface area contributed by atoms with Gasteiger partial charge in [0, 0.05) is 25.0 Å². The minimum Gasteiger partial charge on any atom is -0.367 e. The largest absolute Gasteiger partial charge is 0.367 e. The van der Waals surface area contributed by atoms with Gasteiger partial charge in [0.15, 0.2) is 5.43 Å². The van der Waals surface area contributed by atoms with Crippen LogP contribution in [0.5, 0.6) is 0 Å². The Balaban J connectivity index is 2.05. The van der Waals surface area contributed by atoms with Gasteiger partial charge in [-0.1, -0.05) is 12.1 Å². The first-order valence-corrected chi connectivity index (χ1v) is 5.36. The van der Waals surface area contributed by atoms with E-state index in [0.717, 1.165) is 0 Å². The summed E-state index contributed by atoms with van der Waals surface area (Å²) < 4.78 is 12.9. The number of H-pyrrole nitrogens is 1. The Bertz CT molecular complexity index is 622. The average Bonchev–Trinajstić information content (AvgIpc) is 2.37. The molecular weight excluding hydrogens is 235 g/mol. The lowest BCUT2D eigenvalue weighted by Crippen LogP contribution is -2.27. The van der Waals surface area contributed by atoms with Crippen LogP contribution in [0.1, 0.15) is 15.9 Å². The molecule has 0 saturated heterocycles. The Labute approximate surface area is 102 Å². The van der Waals surface area contributed by atoms with Gasteiger partial charge in [-0.3, -0.25) is 9.59 Å². The molecule has 92 valence electrons. The summed E-state index contributed by atoms with van der Waals surface area (Å²) in [5, 5.41) is 2.56. The quantitative estimate of drug-likeness (QED) is 0.860. The summed E-state index contributed by atoms with van der Waals surface area (Å²) in [7, 11) is 0. The van der Waals surface area contributed by atoms with Gasteiger partial charge in [0.2, 0.25) is 0 Å². The zero-order valence-electron chi connectivity index (χ0n) is 9.44. The normalized spacial score (nSPS) is 10.1. The summed E-state index contributed by atoms with van der Waals surface area (Å²) in [4.78, 5) is 25.8. The third kappa shape index (κ3) is 2.82. The topological polar surface area (TPSA) is 62.0 Å². The number of carbonyl (C=O) groups excluding carboxylic acids is 1. The second kappa shape index (κ2) is 5.27. The Morgan fingerprint density at radius 3 is 2.89 bits per heavy atom. The zero-order valence-corrected chi connectivity index (χ0v) is 9.44. The molecule has 2 N–H and O–H groups in total. The van der Waals surface area contributed by atoms with E-state index in [9.17, 15) is 14.0 Å². The van der Waals surface area contributed by atoms with Gasteiger partial charge in [0.1, 0.15) is 11.4 Å². The molecule has 0 aliphatic carbocycles. The molecule has 1 heterocycles. The van der Waals surface area contributed by atoms with Crippen LogP contribution < -0.4 is 10.7 Å². The summed E-state index contributed by atoms with van der Waals surface area (Å²) in [6.45, 7) is 0.172. The van der Waals surface area contributed by atoms with E-state index < -0.39 is 5.91 Å². The van der Waals surface area contributed by atoms with Gasteiger partial charge in [0.25, 0.3) is 5.91 Å². The molecule has 18 heavy (non-hydrogen) atoms. The van der Waals surface area contributed by atoms with E-state index in [4.69, 9.17) is 0 Å². The Kier molecular flexibility index (Phi) is 3.52. The fraction of sp³-hybridized carbons (Fsp3) is 0.0769. The van der Waals surface area contributed by atoms with Crippen molar-refractivity contribution in [1.29, 1.82) is 0 Å². The number of aromatic nitrogens is 1. The standard InChI is InChI=1S/C13H11FN2O2/c14-10-3-1-2-9(6-10)7-16-13(18)11-8-15-5-4-12(11)17/h1-6,8H,7H2,(H,15,17)(H,16,18). The number of hydrogen-bond donors (Lipinski definition) is 2. The predicted molar refractivity (Wildman–Crippen MR) is 64.6 cm³/mol. The Morgan fingerprint density at radius 2 is 2.17 bits per heavy atom. The Hall–Kier alpha value is -2.43. The van der Waals surface area contributed by atoms with Crippen molar-refractivity contribution < 1.29 is 9.18 Å². The van der Waals surface area contributed by atoms with Crippen molar-refractivity contribution in [3.05, 3.63) is 69.9 Å². The van der Waals surface area contributed by atoms with Crippen LogP contribution in [0.4, 0.5) is 4.39 Å². The molecule has 2 aromatic rings. The number of carbonyl (C=O) groups is 1. The fourth-order valence-corrected chi connectivity index (χ4v) is 1.52. The number of amides is 1. The number of halogens is 1. The SMILES string of the molecule is O=C(NCc1cccc(F)c1)c1c[nH]ccc1=O. The smallest absolute Gasteiger partial charge is 0.257 e. The van der Waals surface area contributed by atoms with Crippen LogP contribution in [0.3, 0.4) is 0 Å². The molecule has 0 unspecified atom stereocenters. The second-order valence-corrected chi connectivity index (χ2v) is 3.73. The molecule has 1 aromatic heterocycles. The monoisotopic (exact) mass is 246 g/mol. The highest BCUT2D eigenvalue weighted by molar-refractivity contribution is 5.93. The van der Waals surface area contributed by atoms with E-state index in [0.29, 0.717) is 5.56 Å².